The van der Waals surface area contributed by atoms with Gasteiger partial charge in [-0.1, -0.05) is 6.42 Å². The van der Waals surface area contributed by atoms with E-state index in [1.807, 2.05) is 19.9 Å². The SMILES string of the molecule is Cc1cc(C(N)C2CCCC(S(C)(=O)=O)C2)c(C)o1. The molecule has 1 saturated carbocycles. The Bertz CT molecular complexity index is 547. The van der Waals surface area contributed by atoms with Crippen molar-refractivity contribution in [1.82, 2.24) is 0 Å². The number of sulfone groups is 1. The van der Waals surface area contributed by atoms with E-state index in [0.717, 1.165) is 36.3 Å². The third-order valence-electron chi connectivity index (χ3n) is 4.22. The van der Waals surface area contributed by atoms with Gasteiger partial charge in [-0.05, 0) is 45.1 Å². The number of furan rings is 1. The van der Waals surface area contributed by atoms with Crippen LogP contribution >= 0.6 is 0 Å². The second kappa shape index (κ2) is 5.29. The monoisotopic (exact) mass is 285 g/mol. The highest BCUT2D eigenvalue weighted by Gasteiger charge is 2.33. The Morgan fingerprint density at radius 1 is 1.37 bits per heavy atom. The van der Waals surface area contributed by atoms with Crippen LogP contribution < -0.4 is 5.73 Å². The lowest BCUT2D eigenvalue weighted by atomic mass is 9.81. The lowest BCUT2D eigenvalue weighted by Gasteiger charge is -2.31. The molecule has 2 rings (SSSR count). The fourth-order valence-electron chi connectivity index (χ4n) is 3.13. The summed E-state index contributed by atoms with van der Waals surface area (Å²) in [5, 5.41) is -0.231. The number of aryl methyl sites for hydroxylation is 2. The maximum atomic E-state index is 11.7. The first-order chi connectivity index (χ1) is 8.79. The van der Waals surface area contributed by atoms with E-state index in [0.29, 0.717) is 6.42 Å². The van der Waals surface area contributed by atoms with Crippen LogP contribution in [0.25, 0.3) is 0 Å². The summed E-state index contributed by atoms with van der Waals surface area (Å²) in [5.74, 6) is 1.94. The van der Waals surface area contributed by atoms with Gasteiger partial charge in [0.1, 0.15) is 21.4 Å². The van der Waals surface area contributed by atoms with Crippen molar-refractivity contribution in [2.24, 2.45) is 11.7 Å². The molecule has 3 unspecified atom stereocenters. The molecule has 0 saturated heterocycles. The van der Waals surface area contributed by atoms with E-state index in [1.54, 1.807) is 0 Å². The summed E-state index contributed by atoms with van der Waals surface area (Å²) < 4.78 is 28.9. The molecule has 0 aromatic carbocycles. The van der Waals surface area contributed by atoms with Gasteiger partial charge in [0, 0.05) is 17.9 Å². The Kier molecular flexibility index (Phi) is 4.06. The average Bonchev–Trinajstić information content (AvgIpc) is 2.66. The molecule has 3 atom stereocenters. The van der Waals surface area contributed by atoms with E-state index in [4.69, 9.17) is 10.2 Å². The van der Waals surface area contributed by atoms with Gasteiger partial charge in [-0.2, -0.15) is 0 Å². The van der Waals surface area contributed by atoms with Crippen molar-refractivity contribution < 1.29 is 12.8 Å². The summed E-state index contributed by atoms with van der Waals surface area (Å²) in [4.78, 5) is 0. The number of hydrogen-bond donors (Lipinski definition) is 1. The number of nitrogens with two attached hydrogens (primary N) is 1. The van der Waals surface area contributed by atoms with Gasteiger partial charge >= 0.3 is 0 Å². The maximum Gasteiger partial charge on any atom is 0.150 e. The second-order valence-electron chi connectivity index (χ2n) is 5.77. The van der Waals surface area contributed by atoms with Crippen LogP contribution in [0, 0.1) is 19.8 Å². The molecule has 0 spiro atoms. The highest BCUT2D eigenvalue weighted by atomic mass is 32.2. The molecule has 0 aliphatic heterocycles. The van der Waals surface area contributed by atoms with E-state index >= 15 is 0 Å². The molecule has 1 aromatic heterocycles. The van der Waals surface area contributed by atoms with E-state index in [9.17, 15) is 8.42 Å². The van der Waals surface area contributed by atoms with E-state index in [2.05, 4.69) is 0 Å². The Morgan fingerprint density at radius 3 is 2.58 bits per heavy atom. The largest absolute Gasteiger partial charge is 0.466 e. The summed E-state index contributed by atoms with van der Waals surface area (Å²) in [6.07, 6.45) is 4.71. The third kappa shape index (κ3) is 3.20. The van der Waals surface area contributed by atoms with Gasteiger partial charge in [0.25, 0.3) is 0 Å². The molecule has 0 bridgehead atoms. The summed E-state index contributed by atoms with van der Waals surface area (Å²) in [5.41, 5.74) is 7.36. The van der Waals surface area contributed by atoms with Gasteiger partial charge in [0.15, 0.2) is 0 Å². The standard InChI is InChI=1S/C14H23NO3S/c1-9-7-13(10(2)18-9)14(15)11-5-4-6-12(8-11)19(3,16)17/h7,11-12,14H,4-6,8,15H2,1-3H3. The third-order valence-corrected chi connectivity index (χ3v) is 5.86. The maximum absolute atomic E-state index is 11.7. The minimum absolute atomic E-state index is 0.123. The lowest BCUT2D eigenvalue weighted by Crippen LogP contribution is -2.33. The van der Waals surface area contributed by atoms with Gasteiger partial charge < -0.3 is 10.2 Å². The summed E-state index contributed by atoms with van der Waals surface area (Å²) in [6, 6.07) is 1.85. The van der Waals surface area contributed by atoms with Crippen molar-refractivity contribution in [3.05, 3.63) is 23.2 Å². The molecule has 1 aromatic rings. The predicted molar refractivity (Wildman–Crippen MR) is 75.7 cm³/mol. The topological polar surface area (TPSA) is 73.3 Å². The van der Waals surface area contributed by atoms with E-state index < -0.39 is 9.84 Å². The van der Waals surface area contributed by atoms with Crippen LogP contribution in [0.5, 0.6) is 0 Å². The van der Waals surface area contributed by atoms with Gasteiger partial charge in [-0.25, -0.2) is 8.42 Å². The van der Waals surface area contributed by atoms with Crippen LogP contribution in [-0.4, -0.2) is 19.9 Å². The molecule has 1 fully saturated rings. The Labute approximate surface area is 115 Å². The molecular weight excluding hydrogens is 262 g/mol. The van der Waals surface area contributed by atoms with E-state index in [1.165, 1.54) is 6.26 Å². The molecule has 0 amide bonds. The van der Waals surface area contributed by atoms with Crippen LogP contribution in [0.3, 0.4) is 0 Å². The van der Waals surface area contributed by atoms with Crippen LogP contribution in [0.2, 0.25) is 0 Å². The van der Waals surface area contributed by atoms with Gasteiger partial charge in [-0.3, -0.25) is 0 Å². The molecule has 1 heterocycles. The van der Waals surface area contributed by atoms with Crippen LogP contribution in [0.4, 0.5) is 0 Å². The van der Waals surface area contributed by atoms with Crippen LogP contribution in [-0.2, 0) is 9.84 Å². The zero-order chi connectivity index (χ0) is 14.2. The van der Waals surface area contributed by atoms with Crippen molar-refractivity contribution in [1.29, 1.82) is 0 Å². The lowest BCUT2D eigenvalue weighted by molar-refractivity contribution is 0.306. The van der Waals surface area contributed by atoms with Gasteiger partial charge in [0.05, 0.1) is 5.25 Å². The van der Waals surface area contributed by atoms with Gasteiger partial charge in [-0.15, -0.1) is 0 Å². The Morgan fingerprint density at radius 2 is 2.05 bits per heavy atom. The smallest absolute Gasteiger partial charge is 0.150 e. The Hall–Kier alpha value is -0.810. The molecular formula is C14H23NO3S. The summed E-state index contributed by atoms with van der Waals surface area (Å²) in [7, 11) is -2.96. The summed E-state index contributed by atoms with van der Waals surface area (Å²) in [6.45, 7) is 3.82. The minimum Gasteiger partial charge on any atom is -0.466 e. The quantitative estimate of drug-likeness (QED) is 0.926. The molecule has 5 heteroatoms. The van der Waals surface area contributed by atoms with E-state index in [-0.39, 0.29) is 17.2 Å². The molecule has 0 radical (unpaired) electrons. The summed E-state index contributed by atoms with van der Waals surface area (Å²) >= 11 is 0. The highest BCUT2D eigenvalue weighted by Crippen LogP contribution is 2.37. The number of rotatable bonds is 3. The second-order valence-corrected chi connectivity index (χ2v) is 8.10. The fourth-order valence-corrected chi connectivity index (χ4v) is 4.32. The van der Waals surface area contributed by atoms with Crippen molar-refractivity contribution in [3.63, 3.8) is 0 Å². The number of hydrogen-bond acceptors (Lipinski definition) is 4. The molecule has 1 aliphatic rings. The zero-order valence-corrected chi connectivity index (χ0v) is 12.7. The normalized spacial score (nSPS) is 26.3. The highest BCUT2D eigenvalue weighted by molar-refractivity contribution is 7.91. The van der Waals surface area contributed by atoms with Gasteiger partial charge in [0.2, 0.25) is 0 Å². The Balaban J connectivity index is 2.15. The first-order valence-electron chi connectivity index (χ1n) is 6.80. The molecule has 19 heavy (non-hydrogen) atoms. The van der Waals surface area contributed by atoms with Crippen molar-refractivity contribution >= 4 is 9.84 Å². The van der Waals surface area contributed by atoms with Crippen LogP contribution in [0.1, 0.15) is 48.8 Å². The predicted octanol–water partition coefficient (Wildman–Crippen LogP) is 2.50. The van der Waals surface area contributed by atoms with Crippen molar-refractivity contribution in [2.75, 3.05) is 6.26 Å². The molecule has 108 valence electrons. The molecule has 1 aliphatic carbocycles. The first kappa shape index (κ1) is 14.6. The van der Waals surface area contributed by atoms with Crippen LogP contribution in [0.15, 0.2) is 10.5 Å². The molecule has 4 nitrogen and oxygen atoms in total. The fraction of sp³-hybridized carbons (Fsp3) is 0.714. The minimum atomic E-state index is -2.96. The van der Waals surface area contributed by atoms with Crippen molar-refractivity contribution in [2.45, 2.75) is 50.8 Å². The first-order valence-corrected chi connectivity index (χ1v) is 8.76. The zero-order valence-electron chi connectivity index (χ0n) is 11.8. The molecule has 2 N–H and O–H groups in total. The van der Waals surface area contributed by atoms with Crippen molar-refractivity contribution in [3.8, 4) is 0 Å². The average molecular weight is 285 g/mol.